The summed E-state index contributed by atoms with van der Waals surface area (Å²) in [4.78, 5) is 12.3. The highest BCUT2D eigenvalue weighted by Gasteiger charge is 2.75. The van der Waals surface area contributed by atoms with E-state index in [4.69, 9.17) is 0 Å². The quantitative estimate of drug-likeness (QED) is 0.539. The number of carbonyl (C=O) groups is 1. The van der Waals surface area contributed by atoms with Gasteiger partial charge in [0, 0.05) is 11.3 Å². The maximum Gasteiger partial charge on any atom is 0.336 e. The van der Waals surface area contributed by atoms with E-state index in [0.717, 1.165) is 6.42 Å². The lowest BCUT2D eigenvalue weighted by Gasteiger charge is -2.60. The van der Waals surface area contributed by atoms with Gasteiger partial charge in [0.05, 0.1) is 12.2 Å². The lowest BCUT2D eigenvalue weighted by molar-refractivity contribution is -0.195. The number of hydrogen-bond donors (Lipinski definition) is 4. The number of carboxylic acids is 1. The number of carboxylic acid groups (broad SMARTS) is 1. The van der Waals surface area contributed by atoms with Crippen molar-refractivity contribution in [2.24, 2.45) is 40.4 Å². The number of allylic oxidation sites excluding steroid dienone is 1. The molecule has 0 saturated heterocycles. The molecule has 0 aromatic heterocycles. The third kappa shape index (κ3) is 1.56. The molecule has 4 N–H and O–H groups in total. The molecular weight excluding hydrogens is 320 g/mol. The van der Waals surface area contributed by atoms with E-state index in [9.17, 15) is 25.2 Å². The van der Waals surface area contributed by atoms with Gasteiger partial charge in [0.2, 0.25) is 0 Å². The summed E-state index contributed by atoms with van der Waals surface area (Å²) >= 11 is 0. The zero-order chi connectivity index (χ0) is 17.9. The molecule has 4 saturated carbocycles. The monoisotopic (exact) mass is 348 g/mol. The molecule has 5 nitrogen and oxygen atoms in total. The molecule has 5 heteroatoms. The fourth-order valence-corrected chi connectivity index (χ4v) is 8.28. The molecule has 138 valence electrons. The Morgan fingerprint density at radius 1 is 1.12 bits per heavy atom. The summed E-state index contributed by atoms with van der Waals surface area (Å²) in [6.45, 7) is 4.07. The first kappa shape index (κ1) is 16.3. The first-order valence-corrected chi connectivity index (χ1v) is 9.66. The molecule has 0 aromatic rings. The van der Waals surface area contributed by atoms with E-state index >= 15 is 0 Å². The Labute approximate surface area is 147 Å². The van der Waals surface area contributed by atoms with Crippen LogP contribution in [0.5, 0.6) is 0 Å². The van der Waals surface area contributed by atoms with Crippen molar-refractivity contribution in [3.8, 4) is 0 Å². The SMILES string of the molecule is C[C@]12CC3C(O)CC1=CC[C@@H]1[C@H]2C(O)C[C@@]2(C)[C@H]1CC3C2(O)C(=O)O. The summed E-state index contributed by atoms with van der Waals surface area (Å²) in [5, 5.41) is 43.6. The van der Waals surface area contributed by atoms with E-state index in [2.05, 4.69) is 13.0 Å². The van der Waals surface area contributed by atoms with Crippen LogP contribution in [0.2, 0.25) is 0 Å². The maximum absolute atomic E-state index is 12.3. The van der Waals surface area contributed by atoms with Gasteiger partial charge < -0.3 is 20.4 Å². The Bertz CT molecular complexity index is 688. The van der Waals surface area contributed by atoms with Gasteiger partial charge in [-0.25, -0.2) is 4.79 Å². The van der Waals surface area contributed by atoms with Gasteiger partial charge in [0.1, 0.15) is 0 Å². The minimum Gasteiger partial charge on any atom is -0.479 e. The van der Waals surface area contributed by atoms with Crippen LogP contribution in [0, 0.1) is 40.4 Å². The molecule has 10 atom stereocenters. The third-order valence-corrected chi connectivity index (χ3v) is 9.29. The minimum atomic E-state index is -1.87. The van der Waals surface area contributed by atoms with E-state index in [1.165, 1.54) is 5.57 Å². The molecule has 0 aromatic carbocycles. The van der Waals surface area contributed by atoms with E-state index < -0.39 is 35.1 Å². The highest BCUT2D eigenvalue weighted by molar-refractivity contribution is 5.80. The second-order valence-corrected chi connectivity index (χ2v) is 9.92. The number of rotatable bonds is 1. The molecule has 0 radical (unpaired) electrons. The van der Waals surface area contributed by atoms with Crippen molar-refractivity contribution in [3.63, 3.8) is 0 Å². The summed E-state index contributed by atoms with van der Waals surface area (Å²) in [7, 11) is 0. The fraction of sp³-hybridized carbons (Fsp3) is 0.850. The van der Waals surface area contributed by atoms with Crippen molar-refractivity contribution in [2.45, 2.75) is 63.8 Å². The Hall–Kier alpha value is -0.910. The first-order chi connectivity index (χ1) is 11.6. The fourth-order valence-electron chi connectivity index (χ4n) is 8.28. The maximum atomic E-state index is 12.3. The molecule has 0 spiro atoms. The summed E-state index contributed by atoms with van der Waals surface area (Å²) in [6.07, 6.45) is 4.07. The van der Waals surface area contributed by atoms with Crippen molar-refractivity contribution in [1.29, 1.82) is 0 Å². The van der Waals surface area contributed by atoms with Gasteiger partial charge in [0.15, 0.2) is 5.60 Å². The van der Waals surface area contributed by atoms with Gasteiger partial charge in [0.25, 0.3) is 0 Å². The molecule has 0 aliphatic heterocycles. The molecule has 5 aliphatic carbocycles. The van der Waals surface area contributed by atoms with Gasteiger partial charge in [-0.05, 0) is 61.2 Å². The van der Waals surface area contributed by atoms with Crippen LogP contribution in [0.4, 0.5) is 0 Å². The van der Waals surface area contributed by atoms with Crippen molar-refractivity contribution in [1.82, 2.24) is 0 Å². The topological polar surface area (TPSA) is 98.0 Å². The third-order valence-electron chi connectivity index (χ3n) is 9.29. The second kappa shape index (κ2) is 4.49. The normalized spacial score (nSPS) is 61.6. The first-order valence-electron chi connectivity index (χ1n) is 9.66. The minimum absolute atomic E-state index is 0.0808. The van der Waals surface area contributed by atoms with Crippen LogP contribution in [0.15, 0.2) is 11.6 Å². The molecule has 25 heavy (non-hydrogen) atoms. The second-order valence-electron chi connectivity index (χ2n) is 9.92. The predicted octanol–water partition coefficient (Wildman–Crippen LogP) is 1.56. The highest BCUT2D eigenvalue weighted by atomic mass is 16.4. The van der Waals surface area contributed by atoms with E-state index in [0.29, 0.717) is 25.7 Å². The van der Waals surface area contributed by atoms with Crippen molar-refractivity contribution in [3.05, 3.63) is 11.6 Å². The average Bonchev–Trinajstić information content (AvgIpc) is 2.77. The van der Waals surface area contributed by atoms with Crippen molar-refractivity contribution >= 4 is 5.97 Å². The van der Waals surface area contributed by atoms with Crippen LogP contribution in [-0.2, 0) is 4.79 Å². The molecule has 5 unspecified atom stereocenters. The van der Waals surface area contributed by atoms with Crippen LogP contribution in [0.25, 0.3) is 0 Å². The number of fused-ring (bicyclic) bond motifs is 3. The van der Waals surface area contributed by atoms with Crippen LogP contribution >= 0.6 is 0 Å². The van der Waals surface area contributed by atoms with Gasteiger partial charge in [-0.1, -0.05) is 25.5 Å². The summed E-state index contributed by atoms with van der Waals surface area (Å²) in [5.74, 6) is -1.44. The Balaban J connectivity index is 1.80. The van der Waals surface area contributed by atoms with Crippen LogP contribution < -0.4 is 0 Å². The van der Waals surface area contributed by atoms with Crippen LogP contribution in [-0.4, -0.2) is 44.2 Å². The average molecular weight is 348 g/mol. The highest BCUT2D eigenvalue weighted by Crippen LogP contribution is 2.73. The number of aliphatic hydroxyl groups is 3. The number of hydrogen-bond acceptors (Lipinski definition) is 4. The van der Waals surface area contributed by atoms with Crippen molar-refractivity contribution < 1.29 is 25.2 Å². The van der Waals surface area contributed by atoms with E-state index in [1.807, 2.05) is 6.92 Å². The summed E-state index contributed by atoms with van der Waals surface area (Å²) in [5.41, 5.74) is -1.67. The zero-order valence-electron chi connectivity index (χ0n) is 14.9. The van der Waals surface area contributed by atoms with Gasteiger partial charge in [-0.15, -0.1) is 0 Å². The molecular formula is C20H28O5. The van der Waals surface area contributed by atoms with Gasteiger partial charge in [-0.3, -0.25) is 0 Å². The molecule has 4 fully saturated rings. The Morgan fingerprint density at radius 3 is 2.52 bits per heavy atom. The van der Waals surface area contributed by atoms with Gasteiger partial charge >= 0.3 is 5.97 Å². The Morgan fingerprint density at radius 2 is 1.84 bits per heavy atom. The van der Waals surface area contributed by atoms with Crippen LogP contribution in [0.1, 0.15) is 46.0 Å². The summed E-state index contributed by atoms with van der Waals surface area (Å²) in [6, 6.07) is 0. The molecule has 0 heterocycles. The number of aliphatic carboxylic acids is 1. The molecule has 6 bridgehead atoms. The zero-order valence-corrected chi connectivity index (χ0v) is 14.9. The number of aliphatic hydroxyl groups excluding tert-OH is 2. The molecule has 5 rings (SSSR count). The van der Waals surface area contributed by atoms with E-state index in [1.54, 1.807) is 0 Å². The van der Waals surface area contributed by atoms with Gasteiger partial charge in [-0.2, -0.15) is 0 Å². The molecule has 5 aliphatic rings. The van der Waals surface area contributed by atoms with E-state index in [-0.39, 0.29) is 29.1 Å². The van der Waals surface area contributed by atoms with Crippen molar-refractivity contribution in [2.75, 3.05) is 0 Å². The summed E-state index contributed by atoms with van der Waals surface area (Å²) < 4.78 is 0. The van der Waals surface area contributed by atoms with Crippen LogP contribution in [0.3, 0.4) is 0 Å². The lowest BCUT2D eigenvalue weighted by atomic mass is 9.45. The lowest BCUT2D eigenvalue weighted by Crippen LogP contribution is -2.61. The molecule has 0 amide bonds. The standard InChI is InChI=1S/C20H28O5/c1-18-7-11-13-6-12-10(4-3-9(18)5-14(11)21)16(18)15(22)8-19(12,2)20(13,25)17(23)24/h3,10-16,21-22,25H,4-8H2,1-2H3,(H,23,24)/t10-,11?,12-,13?,14?,15?,16-,18-,19-,20?/m0/s1. The predicted molar refractivity (Wildman–Crippen MR) is 89.4 cm³/mol. The Kier molecular flexibility index (Phi) is 2.92. The largest absolute Gasteiger partial charge is 0.479 e. The smallest absolute Gasteiger partial charge is 0.336 e.